The zero-order valence-corrected chi connectivity index (χ0v) is 12.8. The molecule has 1 aliphatic rings. The van der Waals surface area contributed by atoms with E-state index in [4.69, 9.17) is 0 Å². The fourth-order valence-electron chi connectivity index (χ4n) is 2.81. The molecule has 108 valence electrons. The maximum Gasteiger partial charge on any atom is 0.167 e. The zero-order chi connectivity index (χ0) is 14.5. The van der Waals surface area contributed by atoms with Crippen LogP contribution in [-0.4, -0.2) is 10.1 Å². The van der Waals surface area contributed by atoms with Crippen molar-refractivity contribution in [3.63, 3.8) is 0 Å². The third-order valence-corrected chi connectivity index (χ3v) is 4.98. The number of hydrogen-bond acceptors (Lipinski definition) is 3. The van der Waals surface area contributed by atoms with E-state index in [9.17, 15) is 5.11 Å². The van der Waals surface area contributed by atoms with Crippen molar-refractivity contribution in [3.05, 3.63) is 52.0 Å². The van der Waals surface area contributed by atoms with Gasteiger partial charge in [0.2, 0.25) is 0 Å². The van der Waals surface area contributed by atoms with E-state index in [1.807, 2.05) is 30.3 Å². The summed E-state index contributed by atoms with van der Waals surface area (Å²) in [4.78, 5) is 5.29. The van der Waals surface area contributed by atoms with Gasteiger partial charge >= 0.3 is 0 Å². The van der Waals surface area contributed by atoms with E-state index in [-0.39, 0.29) is 6.10 Å². The Labute approximate surface area is 129 Å². The van der Waals surface area contributed by atoms with Crippen LogP contribution in [0.5, 0.6) is 0 Å². The average molecular weight is 297 g/mol. The first-order chi connectivity index (χ1) is 10.3. The number of hydrogen-bond donors (Lipinski definition) is 1. The molecule has 1 unspecified atom stereocenters. The molecule has 0 saturated heterocycles. The van der Waals surface area contributed by atoms with Gasteiger partial charge in [0.1, 0.15) is 0 Å². The third kappa shape index (κ3) is 3.72. The normalized spacial score (nSPS) is 17.0. The second-order valence-corrected chi connectivity index (χ2v) is 6.59. The number of thiazole rings is 1. The predicted octanol–water partition coefficient (Wildman–Crippen LogP) is 4.16. The Hall–Kier alpha value is -1.63. The first-order valence-electron chi connectivity index (χ1n) is 7.54. The van der Waals surface area contributed by atoms with Gasteiger partial charge in [0, 0.05) is 11.8 Å². The summed E-state index contributed by atoms with van der Waals surface area (Å²) in [7, 11) is 0. The van der Waals surface area contributed by atoms with E-state index in [0.717, 1.165) is 28.3 Å². The van der Waals surface area contributed by atoms with Gasteiger partial charge < -0.3 is 5.11 Å². The van der Waals surface area contributed by atoms with Gasteiger partial charge in [0.25, 0.3) is 0 Å². The lowest BCUT2D eigenvalue weighted by atomic mass is 9.85. The van der Waals surface area contributed by atoms with Crippen LogP contribution in [0.2, 0.25) is 0 Å². The molecule has 3 heteroatoms. The number of aliphatic hydroxyl groups is 1. The highest BCUT2D eigenvalue weighted by atomic mass is 32.1. The summed E-state index contributed by atoms with van der Waals surface area (Å²) >= 11 is 1.52. The van der Waals surface area contributed by atoms with Gasteiger partial charge in [-0.2, -0.15) is 0 Å². The summed E-state index contributed by atoms with van der Waals surface area (Å²) in [5.74, 6) is 6.59. The molecule has 0 amide bonds. The standard InChI is InChI=1S/C18H19NOS/c20-18(15-9-5-2-6-10-15)16-13-19-17(21-16)12-11-14-7-3-1-4-8-14/h1,3-4,7-8,13,15,18,20H,2,5-6,9-10H2. The fraction of sp³-hybridized carbons (Fsp3) is 0.389. The van der Waals surface area contributed by atoms with Crippen LogP contribution in [-0.2, 0) is 0 Å². The Morgan fingerprint density at radius 1 is 1.10 bits per heavy atom. The van der Waals surface area contributed by atoms with Crippen LogP contribution in [0.15, 0.2) is 36.5 Å². The number of aromatic nitrogens is 1. The minimum atomic E-state index is -0.366. The second kappa shape index (κ2) is 6.89. The molecule has 1 fully saturated rings. The maximum atomic E-state index is 10.5. The summed E-state index contributed by atoms with van der Waals surface area (Å²) in [5.41, 5.74) is 0.988. The van der Waals surface area contributed by atoms with Crippen molar-refractivity contribution in [3.8, 4) is 11.8 Å². The maximum absolute atomic E-state index is 10.5. The van der Waals surface area contributed by atoms with Crippen molar-refractivity contribution in [2.75, 3.05) is 0 Å². The summed E-state index contributed by atoms with van der Waals surface area (Å²) in [6, 6.07) is 9.90. The van der Waals surface area contributed by atoms with E-state index >= 15 is 0 Å². The van der Waals surface area contributed by atoms with Crippen LogP contribution in [0, 0.1) is 17.8 Å². The molecule has 0 spiro atoms. The Morgan fingerprint density at radius 3 is 2.62 bits per heavy atom. The van der Waals surface area contributed by atoms with Crippen molar-refractivity contribution in [2.24, 2.45) is 5.92 Å². The molecule has 0 aliphatic heterocycles. The topological polar surface area (TPSA) is 33.1 Å². The predicted molar refractivity (Wildman–Crippen MR) is 86.1 cm³/mol. The molecule has 0 bridgehead atoms. The summed E-state index contributed by atoms with van der Waals surface area (Å²) < 4.78 is 0. The monoisotopic (exact) mass is 297 g/mol. The average Bonchev–Trinajstić information content (AvgIpc) is 3.03. The molecular weight excluding hydrogens is 278 g/mol. The Bertz CT molecular complexity index is 632. The first-order valence-corrected chi connectivity index (χ1v) is 8.35. The van der Waals surface area contributed by atoms with Crippen LogP contribution < -0.4 is 0 Å². The van der Waals surface area contributed by atoms with Gasteiger partial charge in [-0.3, -0.25) is 0 Å². The van der Waals surface area contributed by atoms with E-state index < -0.39 is 0 Å². The largest absolute Gasteiger partial charge is 0.387 e. The van der Waals surface area contributed by atoms with E-state index in [0.29, 0.717) is 5.92 Å². The lowest BCUT2D eigenvalue weighted by Gasteiger charge is -2.25. The molecule has 1 atom stereocenters. The van der Waals surface area contributed by atoms with E-state index in [1.54, 1.807) is 6.20 Å². The third-order valence-electron chi connectivity index (χ3n) is 4.00. The fourth-order valence-corrected chi connectivity index (χ4v) is 3.66. The quantitative estimate of drug-likeness (QED) is 0.844. The summed E-state index contributed by atoms with van der Waals surface area (Å²) in [6.07, 6.45) is 7.46. The Morgan fingerprint density at radius 2 is 1.86 bits per heavy atom. The number of nitrogens with zero attached hydrogens (tertiary/aromatic N) is 1. The number of rotatable bonds is 2. The zero-order valence-electron chi connectivity index (χ0n) is 12.0. The van der Waals surface area contributed by atoms with Gasteiger partial charge in [0.05, 0.1) is 11.0 Å². The van der Waals surface area contributed by atoms with E-state index in [2.05, 4.69) is 16.8 Å². The van der Waals surface area contributed by atoms with Crippen molar-refractivity contribution in [2.45, 2.75) is 38.2 Å². The molecule has 2 aromatic rings. The molecule has 21 heavy (non-hydrogen) atoms. The molecule has 1 heterocycles. The molecule has 2 nitrogen and oxygen atoms in total. The Kier molecular flexibility index (Phi) is 4.69. The van der Waals surface area contributed by atoms with Crippen LogP contribution in [0.1, 0.15) is 53.7 Å². The van der Waals surface area contributed by atoms with Gasteiger partial charge in [0.15, 0.2) is 5.01 Å². The number of benzene rings is 1. The minimum Gasteiger partial charge on any atom is -0.387 e. The van der Waals surface area contributed by atoms with E-state index in [1.165, 1.54) is 30.6 Å². The lowest BCUT2D eigenvalue weighted by Crippen LogP contribution is -2.14. The van der Waals surface area contributed by atoms with Crippen LogP contribution in [0.25, 0.3) is 0 Å². The molecular formula is C18H19NOS. The van der Waals surface area contributed by atoms with Gasteiger partial charge in [-0.15, -0.1) is 11.3 Å². The smallest absolute Gasteiger partial charge is 0.167 e. The van der Waals surface area contributed by atoms with Gasteiger partial charge in [-0.25, -0.2) is 4.98 Å². The van der Waals surface area contributed by atoms with Crippen molar-refractivity contribution in [1.29, 1.82) is 0 Å². The van der Waals surface area contributed by atoms with Crippen LogP contribution >= 0.6 is 11.3 Å². The SMILES string of the molecule is OC(c1cnc(C#Cc2ccccc2)s1)C1CCCCC1. The number of aliphatic hydroxyl groups excluding tert-OH is 1. The molecule has 1 aromatic heterocycles. The highest BCUT2D eigenvalue weighted by Gasteiger charge is 2.24. The molecule has 1 aromatic carbocycles. The second-order valence-electron chi connectivity index (χ2n) is 5.53. The van der Waals surface area contributed by atoms with Crippen molar-refractivity contribution >= 4 is 11.3 Å². The highest BCUT2D eigenvalue weighted by molar-refractivity contribution is 7.12. The Balaban J connectivity index is 1.70. The lowest BCUT2D eigenvalue weighted by molar-refractivity contribution is 0.0877. The molecule has 3 rings (SSSR count). The van der Waals surface area contributed by atoms with Gasteiger partial charge in [-0.05, 0) is 36.8 Å². The molecule has 1 N–H and O–H groups in total. The molecule has 1 aliphatic carbocycles. The first kappa shape index (κ1) is 14.3. The highest BCUT2D eigenvalue weighted by Crippen LogP contribution is 2.36. The van der Waals surface area contributed by atoms with Crippen molar-refractivity contribution in [1.82, 2.24) is 4.98 Å². The summed E-state index contributed by atoms with van der Waals surface area (Å²) in [5, 5.41) is 11.2. The molecule has 1 saturated carbocycles. The summed E-state index contributed by atoms with van der Waals surface area (Å²) in [6.45, 7) is 0. The minimum absolute atomic E-state index is 0.366. The van der Waals surface area contributed by atoms with Crippen LogP contribution in [0.3, 0.4) is 0 Å². The van der Waals surface area contributed by atoms with Crippen molar-refractivity contribution < 1.29 is 5.11 Å². The molecule has 0 radical (unpaired) electrons. The van der Waals surface area contributed by atoms with Crippen LogP contribution in [0.4, 0.5) is 0 Å². The van der Waals surface area contributed by atoms with Gasteiger partial charge in [-0.1, -0.05) is 43.4 Å².